The number of thiophene rings is 1. The zero-order valence-corrected chi connectivity index (χ0v) is 13.2. The van der Waals surface area contributed by atoms with Gasteiger partial charge in [-0.15, -0.1) is 11.3 Å². The lowest BCUT2D eigenvalue weighted by molar-refractivity contribution is 0.584. The van der Waals surface area contributed by atoms with E-state index in [0.29, 0.717) is 5.71 Å². The number of hydrogen-bond donors (Lipinski definition) is 1. The van der Waals surface area contributed by atoms with Crippen molar-refractivity contribution in [3.8, 4) is 0 Å². The maximum atomic E-state index is 11.9. The van der Waals surface area contributed by atoms with Crippen molar-refractivity contribution in [2.24, 2.45) is 5.10 Å². The maximum Gasteiger partial charge on any atom is 0.276 e. The molecule has 0 bridgehead atoms. The number of rotatable bonds is 4. The Hall–Kier alpha value is -1.18. The van der Waals surface area contributed by atoms with E-state index < -0.39 is 10.0 Å². The Balaban J connectivity index is 2.18. The van der Waals surface area contributed by atoms with Crippen LogP contribution in [0.1, 0.15) is 11.8 Å². The summed E-state index contributed by atoms with van der Waals surface area (Å²) in [6.07, 6.45) is 0. The zero-order valence-electron chi connectivity index (χ0n) is 10.00. The number of hydrazone groups is 1. The topological polar surface area (TPSA) is 58.5 Å². The summed E-state index contributed by atoms with van der Waals surface area (Å²) in [5.41, 5.74) is 0.621. The second-order valence-electron chi connectivity index (χ2n) is 3.71. The van der Waals surface area contributed by atoms with Crippen LogP contribution in [0.4, 0.5) is 0 Å². The Kier molecular flexibility index (Phi) is 4.38. The number of halogens is 1. The lowest BCUT2D eigenvalue weighted by Gasteiger charge is -2.03. The summed E-state index contributed by atoms with van der Waals surface area (Å²) in [7, 11) is -3.60. The van der Waals surface area contributed by atoms with Crippen LogP contribution < -0.4 is 4.83 Å². The fourth-order valence-corrected chi connectivity index (χ4v) is 3.55. The molecule has 2 aromatic rings. The van der Waals surface area contributed by atoms with E-state index in [4.69, 9.17) is 0 Å². The summed E-state index contributed by atoms with van der Waals surface area (Å²) >= 11 is 4.85. The molecule has 100 valence electrons. The molecular weight excluding hydrogens is 348 g/mol. The standard InChI is InChI=1S/C12H11BrN2O2S2/c1-9(11-7-8-12(13)18-11)14-15-19(16,17)10-5-3-2-4-6-10/h2-8,15H,1H3/b14-9-. The van der Waals surface area contributed by atoms with Crippen LogP contribution in [0.15, 0.2) is 56.2 Å². The van der Waals surface area contributed by atoms with E-state index in [0.717, 1.165) is 8.66 Å². The van der Waals surface area contributed by atoms with Crippen LogP contribution in [0.3, 0.4) is 0 Å². The molecule has 0 saturated carbocycles. The van der Waals surface area contributed by atoms with Crippen molar-refractivity contribution in [2.45, 2.75) is 11.8 Å². The lowest BCUT2D eigenvalue weighted by Crippen LogP contribution is -2.19. The maximum absolute atomic E-state index is 11.9. The van der Waals surface area contributed by atoms with Crippen LogP contribution in [-0.4, -0.2) is 14.1 Å². The smallest absolute Gasteiger partial charge is 0.200 e. The summed E-state index contributed by atoms with van der Waals surface area (Å²) in [5, 5.41) is 3.92. The Morgan fingerprint density at radius 1 is 1.21 bits per heavy atom. The average molecular weight is 359 g/mol. The highest BCUT2D eigenvalue weighted by Crippen LogP contribution is 2.22. The Morgan fingerprint density at radius 2 is 1.89 bits per heavy atom. The van der Waals surface area contributed by atoms with Crippen molar-refractivity contribution in [3.63, 3.8) is 0 Å². The first kappa shape index (κ1) is 14.2. The van der Waals surface area contributed by atoms with Gasteiger partial charge in [-0.3, -0.25) is 0 Å². The Labute approximate surface area is 124 Å². The first-order valence-corrected chi connectivity index (χ1v) is 8.45. The molecule has 1 aromatic heterocycles. The van der Waals surface area contributed by atoms with Crippen molar-refractivity contribution in [2.75, 3.05) is 0 Å². The molecule has 1 N–H and O–H groups in total. The largest absolute Gasteiger partial charge is 0.276 e. The van der Waals surface area contributed by atoms with Gasteiger partial charge in [0.2, 0.25) is 0 Å². The summed E-state index contributed by atoms with van der Waals surface area (Å²) < 4.78 is 24.9. The number of hydrogen-bond acceptors (Lipinski definition) is 4. The van der Waals surface area contributed by atoms with Gasteiger partial charge in [0.05, 0.1) is 19.3 Å². The third-order valence-corrected chi connectivity index (χ3v) is 5.27. The van der Waals surface area contributed by atoms with Crippen LogP contribution in [0, 0.1) is 0 Å². The van der Waals surface area contributed by atoms with Crippen LogP contribution in [0.25, 0.3) is 0 Å². The SMILES string of the molecule is C/C(=N/NS(=O)(=O)c1ccccc1)c1ccc(Br)s1. The van der Waals surface area contributed by atoms with Crippen LogP contribution >= 0.6 is 27.3 Å². The molecule has 0 aliphatic rings. The molecular formula is C12H11BrN2O2S2. The Bertz CT molecular complexity index is 694. The normalized spacial score (nSPS) is 12.4. The fraction of sp³-hybridized carbons (Fsp3) is 0.0833. The number of benzene rings is 1. The van der Waals surface area contributed by atoms with Crippen molar-refractivity contribution in [1.29, 1.82) is 0 Å². The van der Waals surface area contributed by atoms with E-state index in [9.17, 15) is 8.42 Å². The van der Waals surface area contributed by atoms with Crippen molar-refractivity contribution in [1.82, 2.24) is 4.83 Å². The fourth-order valence-electron chi connectivity index (χ4n) is 1.34. The second kappa shape index (κ2) is 5.85. The number of nitrogens with one attached hydrogen (secondary N) is 1. The second-order valence-corrected chi connectivity index (χ2v) is 7.83. The molecule has 19 heavy (non-hydrogen) atoms. The summed E-state index contributed by atoms with van der Waals surface area (Å²) in [6.45, 7) is 1.76. The van der Waals surface area contributed by atoms with Gasteiger partial charge in [-0.1, -0.05) is 18.2 Å². The quantitative estimate of drug-likeness (QED) is 0.673. The van der Waals surface area contributed by atoms with Crippen LogP contribution in [0.2, 0.25) is 0 Å². The van der Waals surface area contributed by atoms with Crippen molar-refractivity contribution < 1.29 is 8.42 Å². The van der Waals surface area contributed by atoms with E-state index in [-0.39, 0.29) is 4.90 Å². The predicted octanol–water partition coefficient (Wildman–Crippen LogP) is 3.21. The minimum absolute atomic E-state index is 0.193. The average Bonchev–Trinajstić information content (AvgIpc) is 2.84. The van der Waals surface area contributed by atoms with E-state index in [1.807, 2.05) is 12.1 Å². The highest BCUT2D eigenvalue weighted by atomic mass is 79.9. The molecule has 0 aliphatic heterocycles. The molecule has 0 fully saturated rings. The summed E-state index contributed by atoms with van der Waals surface area (Å²) in [5.74, 6) is 0. The van der Waals surface area contributed by atoms with Crippen LogP contribution in [-0.2, 0) is 10.0 Å². The molecule has 1 heterocycles. The molecule has 0 atom stereocenters. The first-order valence-electron chi connectivity index (χ1n) is 5.36. The monoisotopic (exact) mass is 358 g/mol. The van der Waals surface area contributed by atoms with E-state index in [2.05, 4.69) is 25.9 Å². The molecule has 0 saturated heterocycles. The number of nitrogens with zero attached hydrogens (tertiary/aromatic N) is 1. The van der Waals surface area contributed by atoms with E-state index in [1.165, 1.54) is 23.5 Å². The third kappa shape index (κ3) is 3.65. The van der Waals surface area contributed by atoms with Gasteiger partial charge in [-0.2, -0.15) is 18.4 Å². The molecule has 0 aliphatic carbocycles. The molecule has 4 nitrogen and oxygen atoms in total. The molecule has 7 heteroatoms. The van der Waals surface area contributed by atoms with Gasteiger partial charge in [-0.05, 0) is 47.1 Å². The first-order chi connectivity index (χ1) is 8.99. The molecule has 0 amide bonds. The highest BCUT2D eigenvalue weighted by Gasteiger charge is 2.12. The predicted molar refractivity (Wildman–Crippen MR) is 81.0 cm³/mol. The minimum atomic E-state index is -3.60. The van der Waals surface area contributed by atoms with E-state index >= 15 is 0 Å². The molecule has 2 rings (SSSR count). The van der Waals surface area contributed by atoms with Gasteiger partial charge in [-0.25, -0.2) is 0 Å². The third-order valence-electron chi connectivity index (χ3n) is 2.32. The highest BCUT2D eigenvalue weighted by molar-refractivity contribution is 9.11. The lowest BCUT2D eigenvalue weighted by atomic mass is 10.3. The zero-order chi connectivity index (χ0) is 13.9. The molecule has 0 unspecified atom stereocenters. The Morgan fingerprint density at radius 3 is 2.47 bits per heavy atom. The van der Waals surface area contributed by atoms with Gasteiger partial charge in [0.25, 0.3) is 10.0 Å². The molecule has 0 radical (unpaired) electrons. The van der Waals surface area contributed by atoms with Gasteiger partial charge in [0, 0.05) is 0 Å². The minimum Gasteiger partial charge on any atom is -0.200 e. The van der Waals surface area contributed by atoms with Crippen LogP contribution in [0.5, 0.6) is 0 Å². The number of sulfonamides is 1. The van der Waals surface area contributed by atoms with Gasteiger partial charge >= 0.3 is 0 Å². The molecule has 0 spiro atoms. The van der Waals surface area contributed by atoms with Crippen molar-refractivity contribution in [3.05, 3.63) is 51.1 Å². The molecule has 1 aromatic carbocycles. The summed E-state index contributed by atoms with van der Waals surface area (Å²) in [6, 6.07) is 11.9. The van der Waals surface area contributed by atoms with Gasteiger partial charge in [0.15, 0.2) is 0 Å². The summed E-state index contributed by atoms with van der Waals surface area (Å²) in [4.78, 5) is 3.33. The van der Waals surface area contributed by atoms with E-state index in [1.54, 1.807) is 25.1 Å². The van der Waals surface area contributed by atoms with Gasteiger partial charge in [0.1, 0.15) is 0 Å². The van der Waals surface area contributed by atoms with Gasteiger partial charge < -0.3 is 0 Å². The van der Waals surface area contributed by atoms with Crippen molar-refractivity contribution >= 4 is 43.0 Å².